The molecule has 1 saturated carbocycles. The van der Waals surface area contributed by atoms with Crippen LogP contribution < -0.4 is 10.5 Å². The van der Waals surface area contributed by atoms with Crippen LogP contribution in [0, 0.1) is 11.8 Å². The van der Waals surface area contributed by atoms with Crippen LogP contribution in [0.2, 0.25) is 10.0 Å². The third-order valence-corrected chi connectivity index (χ3v) is 6.47. The van der Waals surface area contributed by atoms with Crippen LogP contribution in [0.5, 0.6) is 0 Å². The molecule has 112 valence electrons. The highest BCUT2D eigenvalue weighted by Crippen LogP contribution is 2.35. The third-order valence-electron chi connectivity index (χ3n) is 4.06. The molecular weight excluding hydrogens is 319 g/mol. The summed E-state index contributed by atoms with van der Waals surface area (Å²) in [7, 11) is -3.75. The van der Waals surface area contributed by atoms with Crippen molar-refractivity contribution >= 4 is 38.9 Å². The third kappa shape index (κ3) is 3.06. The van der Waals surface area contributed by atoms with Crippen LogP contribution in [-0.2, 0) is 10.0 Å². The Morgan fingerprint density at radius 2 is 1.75 bits per heavy atom. The van der Waals surface area contributed by atoms with Gasteiger partial charge in [0, 0.05) is 11.7 Å². The van der Waals surface area contributed by atoms with Crippen LogP contribution in [0.25, 0.3) is 0 Å². The van der Waals surface area contributed by atoms with E-state index in [0.717, 1.165) is 12.8 Å². The molecule has 1 aromatic rings. The number of rotatable bonds is 3. The first-order valence-corrected chi connectivity index (χ1v) is 8.73. The highest BCUT2D eigenvalue weighted by Gasteiger charge is 2.34. The van der Waals surface area contributed by atoms with Gasteiger partial charge in [-0.2, -0.15) is 0 Å². The highest BCUT2D eigenvalue weighted by atomic mass is 35.5. The minimum Gasteiger partial charge on any atom is -0.399 e. The van der Waals surface area contributed by atoms with Crippen LogP contribution in [0.4, 0.5) is 5.69 Å². The lowest BCUT2D eigenvalue weighted by Crippen LogP contribution is -2.37. The first-order valence-electron chi connectivity index (χ1n) is 6.49. The van der Waals surface area contributed by atoms with Crippen LogP contribution in [0.15, 0.2) is 17.0 Å². The highest BCUT2D eigenvalue weighted by molar-refractivity contribution is 7.89. The van der Waals surface area contributed by atoms with E-state index in [1.54, 1.807) is 0 Å². The molecular formula is C13H18Cl2N2O2S. The predicted molar refractivity (Wildman–Crippen MR) is 82.5 cm³/mol. The molecule has 2 rings (SSSR count). The normalized spacial score (nSPS) is 26.9. The van der Waals surface area contributed by atoms with Gasteiger partial charge in [-0.3, -0.25) is 0 Å². The summed E-state index contributed by atoms with van der Waals surface area (Å²) < 4.78 is 27.7. The fraction of sp³-hybridized carbons (Fsp3) is 0.538. The molecule has 1 aliphatic rings. The van der Waals surface area contributed by atoms with E-state index >= 15 is 0 Å². The molecule has 1 fully saturated rings. The number of nitrogens with one attached hydrogen (secondary N) is 1. The maximum absolute atomic E-state index is 12.5. The van der Waals surface area contributed by atoms with Crippen molar-refractivity contribution in [3.63, 3.8) is 0 Å². The SMILES string of the molecule is CC1CCC(NS(=O)(=O)c2c(Cl)cc(N)cc2Cl)C1C. The fourth-order valence-corrected chi connectivity index (χ4v) is 5.22. The van der Waals surface area contributed by atoms with Crippen molar-refractivity contribution in [1.29, 1.82) is 0 Å². The number of nitrogen functional groups attached to an aromatic ring is 1. The lowest BCUT2D eigenvalue weighted by atomic mass is 9.98. The minimum atomic E-state index is -3.75. The summed E-state index contributed by atoms with van der Waals surface area (Å²) in [6.07, 6.45) is 1.84. The number of sulfonamides is 1. The van der Waals surface area contributed by atoms with Gasteiger partial charge in [-0.05, 0) is 36.8 Å². The average Bonchev–Trinajstić information content (AvgIpc) is 2.58. The topological polar surface area (TPSA) is 72.2 Å². The molecule has 0 radical (unpaired) electrons. The van der Waals surface area contributed by atoms with Crippen molar-refractivity contribution in [2.24, 2.45) is 11.8 Å². The number of hydrogen-bond acceptors (Lipinski definition) is 3. The molecule has 0 amide bonds. The Balaban J connectivity index is 2.32. The second kappa shape index (κ2) is 5.72. The molecule has 0 saturated heterocycles. The molecule has 3 atom stereocenters. The van der Waals surface area contributed by atoms with E-state index in [9.17, 15) is 8.42 Å². The fourth-order valence-electron chi connectivity index (χ4n) is 2.63. The van der Waals surface area contributed by atoms with Gasteiger partial charge in [-0.15, -0.1) is 0 Å². The number of hydrogen-bond donors (Lipinski definition) is 2. The summed E-state index contributed by atoms with van der Waals surface area (Å²) in [5.74, 6) is 0.788. The van der Waals surface area contributed by atoms with E-state index in [1.807, 2.05) is 0 Å². The van der Waals surface area contributed by atoms with Crippen LogP contribution in [-0.4, -0.2) is 14.5 Å². The number of nitrogens with two attached hydrogens (primary N) is 1. The summed E-state index contributed by atoms with van der Waals surface area (Å²) >= 11 is 12.0. The Kier molecular flexibility index (Phi) is 4.54. The molecule has 0 bridgehead atoms. The van der Waals surface area contributed by atoms with E-state index in [4.69, 9.17) is 28.9 Å². The molecule has 7 heteroatoms. The van der Waals surface area contributed by atoms with Crippen molar-refractivity contribution in [3.05, 3.63) is 22.2 Å². The molecule has 1 aromatic carbocycles. The largest absolute Gasteiger partial charge is 0.399 e. The number of anilines is 1. The predicted octanol–water partition coefficient (Wildman–Crippen LogP) is 3.29. The molecule has 3 unspecified atom stereocenters. The molecule has 0 aliphatic heterocycles. The Morgan fingerprint density at radius 1 is 1.20 bits per heavy atom. The first-order chi connectivity index (χ1) is 9.22. The van der Waals surface area contributed by atoms with Gasteiger partial charge in [0.05, 0.1) is 10.0 Å². The van der Waals surface area contributed by atoms with E-state index in [1.165, 1.54) is 12.1 Å². The summed E-state index contributed by atoms with van der Waals surface area (Å²) in [6, 6.07) is 2.70. The lowest BCUT2D eigenvalue weighted by Gasteiger charge is -2.20. The Bertz CT molecular complexity index is 596. The zero-order chi connectivity index (χ0) is 15.1. The molecule has 0 aromatic heterocycles. The second-order valence-corrected chi connectivity index (χ2v) is 7.92. The molecule has 4 nitrogen and oxygen atoms in total. The zero-order valence-electron chi connectivity index (χ0n) is 11.4. The summed E-state index contributed by atoms with van der Waals surface area (Å²) in [4.78, 5) is -0.0956. The van der Waals surface area contributed by atoms with Crippen LogP contribution >= 0.6 is 23.2 Å². The number of benzene rings is 1. The van der Waals surface area contributed by atoms with Gasteiger partial charge in [0.2, 0.25) is 10.0 Å². The van der Waals surface area contributed by atoms with E-state index in [-0.39, 0.29) is 26.9 Å². The van der Waals surface area contributed by atoms with Gasteiger partial charge in [0.15, 0.2) is 0 Å². The molecule has 20 heavy (non-hydrogen) atoms. The molecule has 0 heterocycles. The molecule has 3 N–H and O–H groups in total. The van der Waals surface area contributed by atoms with Crippen molar-refractivity contribution in [2.45, 2.75) is 37.6 Å². The summed E-state index contributed by atoms with van der Waals surface area (Å²) in [6.45, 7) is 4.18. The van der Waals surface area contributed by atoms with Gasteiger partial charge in [-0.1, -0.05) is 37.0 Å². The van der Waals surface area contributed by atoms with Gasteiger partial charge in [0.25, 0.3) is 0 Å². The Labute approximate surface area is 129 Å². The minimum absolute atomic E-state index is 0.0428. The van der Waals surface area contributed by atoms with E-state index < -0.39 is 10.0 Å². The van der Waals surface area contributed by atoms with Crippen molar-refractivity contribution in [2.75, 3.05) is 5.73 Å². The molecule has 0 spiro atoms. The Morgan fingerprint density at radius 3 is 2.20 bits per heavy atom. The van der Waals surface area contributed by atoms with Crippen LogP contribution in [0.3, 0.4) is 0 Å². The summed E-state index contributed by atoms with van der Waals surface area (Å²) in [5, 5.41) is 0.0856. The van der Waals surface area contributed by atoms with Gasteiger partial charge in [-0.25, -0.2) is 13.1 Å². The quantitative estimate of drug-likeness (QED) is 0.832. The van der Waals surface area contributed by atoms with Crippen LogP contribution in [0.1, 0.15) is 26.7 Å². The van der Waals surface area contributed by atoms with Crippen molar-refractivity contribution < 1.29 is 8.42 Å². The van der Waals surface area contributed by atoms with Gasteiger partial charge < -0.3 is 5.73 Å². The van der Waals surface area contributed by atoms with E-state index in [2.05, 4.69) is 18.6 Å². The van der Waals surface area contributed by atoms with Crippen molar-refractivity contribution in [1.82, 2.24) is 4.72 Å². The standard InChI is InChI=1S/C13H18Cl2N2O2S/c1-7-3-4-12(8(7)2)17-20(18,19)13-10(14)5-9(16)6-11(13)15/h5-8,12,17H,3-4,16H2,1-2H3. The average molecular weight is 337 g/mol. The maximum Gasteiger partial charge on any atom is 0.243 e. The monoisotopic (exact) mass is 336 g/mol. The lowest BCUT2D eigenvalue weighted by molar-refractivity contribution is 0.402. The molecule has 1 aliphatic carbocycles. The van der Waals surface area contributed by atoms with Gasteiger partial charge >= 0.3 is 0 Å². The Hall–Kier alpha value is -0.490. The second-order valence-electron chi connectivity index (χ2n) is 5.46. The van der Waals surface area contributed by atoms with E-state index in [0.29, 0.717) is 11.6 Å². The smallest absolute Gasteiger partial charge is 0.243 e. The number of halogens is 2. The van der Waals surface area contributed by atoms with Gasteiger partial charge in [0.1, 0.15) is 4.90 Å². The summed E-state index contributed by atoms with van der Waals surface area (Å²) in [5.41, 5.74) is 5.93. The maximum atomic E-state index is 12.5. The zero-order valence-corrected chi connectivity index (χ0v) is 13.7. The van der Waals surface area contributed by atoms with Crippen molar-refractivity contribution in [3.8, 4) is 0 Å². The first kappa shape index (κ1) is 15.9.